The maximum Gasteiger partial charge on any atom is 0.274 e. The number of rotatable bonds is 9. The number of nitrogens with two attached hydrogens (primary N) is 1. The molecule has 24 heteroatoms. The molecule has 74 heavy (non-hydrogen) atoms. The molecule has 5 N–H and O–H groups in total. The van der Waals surface area contributed by atoms with E-state index < -0.39 is 10.6 Å². The predicted molar refractivity (Wildman–Crippen MR) is 283 cm³/mol. The molecule has 1 aromatic carbocycles. The van der Waals surface area contributed by atoms with Crippen molar-refractivity contribution in [2.45, 2.75) is 44.8 Å². The van der Waals surface area contributed by atoms with Crippen LogP contribution in [0.1, 0.15) is 63.1 Å². The number of β-amino-alcohol motifs (C(OH)–C–C–N with tert-alkyl or cyclic N) is 1. The van der Waals surface area contributed by atoms with Crippen molar-refractivity contribution in [3.05, 3.63) is 59.6 Å². The van der Waals surface area contributed by atoms with Crippen molar-refractivity contribution in [3.8, 4) is 165 Å². The molecule has 378 valence electrons. The molecule has 7 rings (SSSR count). The first-order valence-electron chi connectivity index (χ1n) is 20.8. The van der Waals surface area contributed by atoms with Gasteiger partial charge in [0.25, 0.3) is 5.91 Å². The second-order valence-corrected chi connectivity index (χ2v) is 14.1. The van der Waals surface area contributed by atoms with Crippen molar-refractivity contribution >= 4 is 17.3 Å². The van der Waals surface area contributed by atoms with E-state index in [1.807, 2.05) is 29.8 Å². The van der Waals surface area contributed by atoms with E-state index in [-0.39, 0.29) is 25.9 Å². The Morgan fingerprint density at radius 3 is 2.05 bits per heavy atom. The highest BCUT2D eigenvalue weighted by molar-refractivity contribution is 6.05. The van der Waals surface area contributed by atoms with Crippen LogP contribution in [0.25, 0.3) is 17.1 Å². The molecule has 0 atom stereocenters. The quantitative estimate of drug-likeness (QED) is 0.0532. The Morgan fingerprint density at radius 1 is 0.892 bits per heavy atom. The molecule has 2 aliphatic heterocycles. The van der Waals surface area contributed by atoms with Crippen molar-refractivity contribution in [1.29, 1.82) is 0 Å². The highest BCUT2D eigenvalue weighted by atomic mass is 17.2. The van der Waals surface area contributed by atoms with Crippen LogP contribution < -0.4 is 20.8 Å². The number of benzene rings is 1. The number of carbonyl (C=O) groups is 1. The van der Waals surface area contributed by atoms with Crippen LogP contribution in [0.3, 0.4) is 0 Å². The van der Waals surface area contributed by atoms with Gasteiger partial charge in [0.1, 0.15) is 17.5 Å². The molecule has 0 radical (unpaired) electrons. The number of fused-ring (bicyclic) bond motifs is 3. The maximum atomic E-state index is 13.4. The zero-order valence-corrected chi connectivity index (χ0v) is 38.7. The molecular weight excluding hydrogens is 949 g/mol. The van der Waals surface area contributed by atoms with Crippen LogP contribution in [0.15, 0.2) is 79.5 Å². The summed E-state index contributed by atoms with van der Waals surface area (Å²) in [7, 11) is 0. The highest BCUT2D eigenvalue weighted by Gasteiger charge is 2.38. The summed E-state index contributed by atoms with van der Waals surface area (Å²) in [5.41, 5.74) is 3.42. The summed E-state index contributed by atoms with van der Waals surface area (Å²) in [6.07, 6.45) is 12.7. The zero-order valence-electron chi connectivity index (χ0n) is 38.7. The highest BCUT2D eigenvalue weighted by Crippen LogP contribution is 2.40. The van der Waals surface area contributed by atoms with Crippen LogP contribution >= 0.6 is 0 Å². The fourth-order valence-electron chi connectivity index (χ4n) is 5.79. The van der Waals surface area contributed by atoms with E-state index in [9.17, 15) is 15.1 Å². The number of carbonyl (C=O) groups excluding carboxylic acids is 1. The van der Waals surface area contributed by atoms with Crippen molar-refractivity contribution in [1.82, 2.24) is 34.7 Å². The lowest BCUT2D eigenvalue weighted by molar-refractivity contribution is -0.873. The van der Waals surface area contributed by atoms with Gasteiger partial charge in [0.2, 0.25) is 10.4 Å². The van der Waals surface area contributed by atoms with E-state index in [2.05, 4.69) is 219 Å². The second-order valence-electron chi connectivity index (χ2n) is 14.1. The molecule has 3 aliphatic rings. The Balaban J connectivity index is -0.000000288. The second kappa shape index (κ2) is 29.1. The lowest BCUT2D eigenvalue weighted by Gasteiger charge is -2.46. The number of tetrazole rings is 1. The largest absolute Gasteiger partial charge is 0.489 e. The van der Waals surface area contributed by atoms with E-state index in [1.165, 1.54) is 0 Å². The van der Waals surface area contributed by atoms with Crippen LogP contribution in [0.5, 0.6) is 5.75 Å². The molecule has 0 unspecified atom stereocenters. The molecule has 1 aliphatic carbocycles. The first-order chi connectivity index (χ1) is 36.2. The molecule has 3 aromatic heterocycles. The van der Waals surface area contributed by atoms with Crippen LogP contribution in [0.2, 0.25) is 0 Å². The Hall–Kier alpha value is -11.8. The minimum atomic E-state index is -0.744. The molecule has 24 nitrogen and oxygen atoms in total. The Morgan fingerprint density at radius 2 is 1.49 bits per heavy atom. The third-order valence-electron chi connectivity index (χ3n) is 8.80. The van der Waals surface area contributed by atoms with Gasteiger partial charge in [-0.15, -0.1) is 11.5 Å². The number of hydrogen-bond donors (Lipinski definition) is 4. The van der Waals surface area contributed by atoms with E-state index >= 15 is 0 Å². The van der Waals surface area contributed by atoms with Gasteiger partial charge in [-0.2, -0.15) is 0 Å². The summed E-state index contributed by atoms with van der Waals surface area (Å²) in [5.74, 6) is 62.7. The molecular formula is C50H52N18O6. The average Bonchev–Trinajstić information content (AvgIpc) is 4.00. The topological polar surface area (TPSA) is 304 Å². The number of nitrogens with one attached hydrogen (secondary N) is 1. The van der Waals surface area contributed by atoms with Gasteiger partial charge in [-0.1, -0.05) is 17.2 Å². The number of aromatic nitrogens is 7. The number of imidazole rings is 1. The van der Waals surface area contributed by atoms with Gasteiger partial charge < -0.3 is 40.7 Å². The molecule has 0 bridgehead atoms. The lowest BCUT2D eigenvalue weighted by Crippen LogP contribution is -2.60. The summed E-state index contributed by atoms with van der Waals surface area (Å²) < 4.78 is 9.58. The van der Waals surface area contributed by atoms with Gasteiger partial charge in [-0.25, -0.2) is 14.6 Å². The number of ether oxygens (including phenoxy) is 1. The van der Waals surface area contributed by atoms with E-state index in [1.54, 1.807) is 36.3 Å². The first kappa shape index (κ1) is 53.1. The third-order valence-corrected chi connectivity index (χ3v) is 8.80. The normalized spacial score (nSPS) is 12.4. The number of hydrogen-bond acceptors (Lipinski definition) is 13. The average molecular weight is 1000 g/mol. The van der Waals surface area contributed by atoms with Gasteiger partial charge in [0.05, 0.1) is 58.0 Å². The Kier molecular flexibility index (Phi) is 20.9. The molecule has 1 amide bonds. The maximum absolute atomic E-state index is 13.4. The molecule has 0 spiro atoms. The van der Waals surface area contributed by atoms with Crippen LogP contribution in [-0.4, -0.2) is 81.3 Å². The lowest BCUT2D eigenvalue weighted by atomic mass is 9.96. The van der Waals surface area contributed by atoms with E-state index in [4.69, 9.17) is 16.4 Å². The fraction of sp³-hybridized carbons (Fsp3) is 0.200. The Bertz CT molecular complexity index is 3710. The number of amides is 1. The number of pyridine rings is 1. The van der Waals surface area contributed by atoms with Crippen molar-refractivity contribution in [2.24, 2.45) is 42.4 Å². The van der Waals surface area contributed by atoms with Gasteiger partial charge >= 0.3 is 0 Å². The van der Waals surface area contributed by atoms with Crippen molar-refractivity contribution in [2.75, 3.05) is 29.9 Å². The van der Waals surface area contributed by atoms with Gasteiger partial charge in [-0.3, -0.25) is 10.1 Å². The van der Waals surface area contributed by atoms with Gasteiger partial charge in [0, 0.05) is 85.4 Å². The summed E-state index contributed by atoms with van der Waals surface area (Å²) in [6.45, 7) is 5.37. The molecule has 4 aromatic rings. The van der Waals surface area contributed by atoms with Crippen molar-refractivity contribution < 1.29 is 44.2 Å². The smallest absolute Gasteiger partial charge is 0.274 e. The number of terminal acetylenes is 1. The monoisotopic (exact) mass is 1000 g/mol. The fourth-order valence-corrected chi connectivity index (χ4v) is 5.79. The van der Waals surface area contributed by atoms with Gasteiger partial charge in [-0.05, 0) is 155 Å². The predicted octanol–water partition coefficient (Wildman–Crippen LogP) is 5.48. The minimum Gasteiger partial charge on any atom is -0.489 e. The first-order valence-corrected chi connectivity index (χ1v) is 20.8. The van der Waals surface area contributed by atoms with E-state index in [0.717, 1.165) is 29.9 Å². The van der Waals surface area contributed by atoms with Crippen LogP contribution in [0, 0.1) is 148 Å². The number of para-hydroxylation sites is 1. The van der Waals surface area contributed by atoms with Crippen molar-refractivity contribution in [3.63, 3.8) is 0 Å². The molecule has 2 fully saturated rings. The molecule has 1 saturated carbocycles. The molecule has 1 saturated heterocycles. The summed E-state index contributed by atoms with van der Waals surface area (Å²) >= 11 is 0. The Labute approximate surface area is 437 Å². The summed E-state index contributed by atoms with van der Waals surface area (Å²) in [4.78, 5) is 27.5. The SMILES string of the molecule is C#CC#CC#CC#CC#CC#CC#CC#CC#CC#CC#CC#CC.CC1(O)CN(c2cnc(C(=O)Nc3cccc4c3OCCn3nnnc3-4)cc2-n2cnc(C3CC3)c2)C1.NN=NN=NN=NN=[N+]([O-])OO.[HH].[HH].[HH].[HH].[HH].[HH].[HH].[HH].[HH].[HH]. The number of nitrogens with zero attached hydrogens (tertiary/aromatic N) is 16. The molecule has 5 heterocycles. The minimum absolute atomic E-state index is 0. The van der Waals surface area contributed by atoms with Crippen LogP contribution in [0.4, 0.5) is 11.4 Å². The standard InChI is InChI=1S/C25H25N9O3.C25H4.H3N9O3.10H2/c1-25(36)12-33(13-25)21-10-26-18(9-20(21)32-11-19(27-14-32)15-5-6-15)24(35)28-17-4-2-3-16-22(17)37-8-7-34-23(16)29-30-31-34;1-3-5-7-9-11-13-15-17-19-21-23-25-24-22-20-18-16-14-12-10-8-6-4-2;1-2-3-4-5-6-7-8-9(10)12-11;;;;;;;;;;/h2-4,9-11,14-15,36H,5-8,12-13H2,1H3,(H,28,35);1H,2H3;11H,(H2,1,3,5,7);10*1H. The van der Waals surface area contributed by atoms with Crippen LogP contribution in [-0.2, 0) is 11.5 Å². The van der Waals surface area contributed by atoms with Gasteiger partial charge in [0.15, 0.2) is 11.6 Å². The number of anilines is 2. The summed E-state index contributed by atoms with van der Waals surface area (Å²) in [5, 5.41) is 61.1. The summed E-state index contributed by atoms with van der Waals surface area (Å²) in [6, 6.07) is 7.23. The number of aliphatic hydroxyl groups is 1. The third kappa shape index (κ3) is 17.7. The van der Waals surface area contributed by atoms with E-state index in [0.29, 0.717) is 55.0 Å². The zero-order chi connectivity index (χ0) is 52.6.